The highest BCUT2D eigenvalue weighted by atomic mass is 19.1. The van der Waals surface area contributed by atoms with Crippen LogP contribution >= 0.6 is 0 Å². The van der Waals surface area contributed by atoms with Gasteiger partial charge in [0.25, 0.3) is 0 Å². The Hall–Kier alpha value is -1.09. The van der Waals surface area contributed by atoms with E-state index in [2.05, 4.69) is 25.7 Å². The zero-order chi connectivity index (χ0) is 13.3. The summed E-state index contributed by atoms with van der Waals surface area (Å²) in [4.78, 5) is 2.40. The van der Waals surface area contributed by atoms with Crippen LogP contribution in [0.1, 0.15) is 45.2 Å². The Morgan fingerprint density at radius 1 is 1.33 bits per heavy atom. The number of hydrogen-bond acceptors (Lipinski definition) is 2. The van der Waals surface area contributed by atoms with Crippen molar-refractivity contribution in [3.63, 3.8) is 0 Å². The third-order valence-electron chi connectivity index (χ3n) is 4.11. The van der Waals surface area contributed by atoms with Gasteiger partial charge in [-0.1, -0.05) is 13.0 Å². The van der Waals surface area contributed by atoms with Crippen LogP contribution in [0.4, 0.5) is 4.39 Å². The molecule has 1 fully saturated rings. The van der Waals surface area contributed by atoms with Gasteiger partial charge in [0.05, 0.1) is 0 Å². The highest BCUT2D eigenvalue weighted by molar-refractivity contribution is 5.35. The predicted octanol–water partition coefficient (Wildman–Crippen LogP) is 3.71. The number of phenolic OH excluding ortho intramolecular Hbond substituents is 1. The Kier molecular flexibility index (Phi) is 3.91. The zero-order valence-corrected chi connectivity index (χ0v) is 11.4. The van der Waals surface area contributed by atoms with E-state index in [1.54, 1.807) is 6.07 Å². The fourth-order valence-electron chi connectivity index (χ4n) is 2.91. The molecular formula is C15H22FNO. The van der Waals surface area contributed by atoms with E-state index in [0.29, 0.717) is 12.0 Å². The summed E-state index contributed by atoms with van der Waals surface area (Å²) in [5.74, 6) is 0.364. The fourth-order valence-corrected chi connectivity index (χ4v) is 2.91. The van der Waals surface area contributed by atoms with Crippen molar-refractivity contribution in [3.8, 4) is 5.75 Å². The fraction of sp³-hybridized carbons (Fsp3) is 0.600. The zero-order valence-electron chi connectivity index (χ0n) is 11.4. The Bertz CT molecular complexity index is 421. The molecule has 1 aliphatic rings. The third kappa shape index (κ3) is 2.66. The molecule has 0 aromatic heterocycles. The molecule has 0 spiro atoms. The smallest absolute Gasteiger partial charge is 0.126 e. The van der Waals surface area contributed by atoms with Crippen molar-refractivity contribution in [2.45, 2.75) is 45.7 Å². The molecule has 3 atom stereocenters. The van der Waals surface area contributed by atoms with Crippen molar-refractivity contribution >= 4 is 0 Å². The molecule has 1 N–H and O–H groups in total. The number of likely N-dealkylation sites (tertiary alicyclic amines) is 1. The Balaban J connectivity index is 2.21. The predicted molar refractivity (Wildman–Crippen MR) is 71.0 cm³/mol. The van der Waals surface area contributed by atoms with Crippen LogP contribution in [0.5, 0.6) is 5.75 Å². The van der Waals surface area contributed by atoms with Crippen molar-refractivity contribution in [2.75, 3.05) is 6.54 Å². The van der Waals surface area contributed by atoms with E-state index >= 15 is 0 Å². The summed E-state index contributed by atoms with van der Waals surface area (Å²) in [6, 6.07) is 4.96. The van der Waals surface area contributed by atoms with Crippen molar-refractivity contribution < 1.29 is 9.50 Å². The lowest BCUT2D eigenvalue weighted by Gasteiger charge is -2.41. The van der Waals surface area contributed by atoms with Gasteiger partial charge in [-0.15, -0.1) is 0 Å². The van der Waals surface area contributed by atoms with Crippen LogP contribution in [0.15, 0.2) is 18.2 Å². The Labute approximate surface area is 108 Å². The number of halogens is 1. The highest BCUT2D eigenvalue weighted by Crippen LogP contribution is 2.34. The normalized spacial score (nSPS) is 27.1. The number of rotatable bonds is 2. The average Bonchev–Trinajstić information content (AvgIpc) is 2.31. The van der Waals surface area contributed by atoms with Crippen LogP contribution in [0.3, 0.4) is 0 Å². The quantitative estimate of drug-likeness (QED) is 0.866. The first-order chi connectivity index (χ1) is 8.49. The maximum Gasteiger partial charge on any atom is 0.126 e. The van der Waals surface area contributed by atoms with Gasteiger partial charge in [0, 0.05) is 30.3 Å². The molecule has 3 unspecified atom stereocenters. The standard InChI is InChI=1S/C15H22FNO/c1-10-4-5-11(2)17(9-10)12(3)14-7-6-13(16)8-15(14)18/h6-8,10-12,18H,4-5,9H2,1-3H3. The minimum Gasteiger partial charge on any atom is -0.508 e. The number of phenols is 1. The van der Waals surface area contributed by atoms with Gasteiger partial charge in [-0.05, 0) is 38.7 Å². The molecule has 0 aliphatic carbocycles. The number of benzene rings is 1. The maximum absolute atomic E-state index is 13.0. The van der Waals surface area contributed by atoms with Crippen molar-refractivity contribution in [2.24, 2.45) is 5.92 Å². The second-order valence-electron chi connectivity index (χ2n) is 5.61. The summed E-state index contributed by atoms with van der Waals surface area (Å²) in [7, 11) is 0. The molecule has 0 radical (unpaired) electrons. The van der Waals surface area contributed by atoms with Crippen molar-refractivity contribution in [1.29, 1.82) is 0 Å². The van der Waals surface area contributed by atoms with Gasteiger partial charge in [0.1, 0.15) is 11.6 Å². The molecular weight excluding hydrogens is 229 g/mol. The maximum atomic E-state index is 13.0. The second-order valence-corrected chi connectivity index (χ2v) is 5.61. The minimum absolute atomic E-state index is 0.0629. The summed E-state index contributed by atoms with van der Waals surface area (Å²) in [6.07, 6.45) is 2.45. The molecule has 1 aromatic rings. The highest BCUT2D eigenvalue weighted by Gasteiger charge is 2.28. The second kappa shape index (κ2) is 5.27. The van der Waals surface area contributed by atoms with Crippen molar-refractivity contribution in [1.82, 2.24) is 4.90 Å². The average molecular weight is 251 g/mol. The van der Waals surface area contributed by atoms with Crippen LogP contribution < -0.4 is 0 Å². The van der Waals surface area contributed by atoms with E-state index in [1.807, 2.05) is 0 Å². The summed E-state index contributed by atoms with van der Waals surface area (Å²) >= 11 is 0. The van der Waals surface area contributed by atoms with E-state index in [9.17, 15) is 9.50 Å². The lowest BCUT2D eigenvalue weighted by molar-refractivity contribution is 0.0833. The SMILES string of the molecule is CC1CCC(C)N(C(C)c2ccc(F)cc2O)C1. The van der Waals surface area contributed by atoms with Gasteiger partial charge in [0.15, 0.2) is 0 Å². The van der Waals surface area contributed by atoms with E-state index in [4.69, 9.17) is 0 Å². The van der Waals surface area contributed by atoms with Crippen LogP contribution in [-0.4, -0.2) is 22.6 Å². The van der Waals surface area contributed by atoms with Gasteiger partial charge < -0.3 is 5.11 Å². The first kappa shape index (κ1) is 13.3. The molecule has 100 valence electrons. The molecule has 0 bridgehead atoms. The largest absolute Gasteiger partial charge is 0.508 e. The molecule has 1 aromatic carbocycles. The van der Waals surface area contributed by atoms with Gasteiger partial charge >= 0.3 is 0 Å². The number of aromatic hydroxyl groups is 1. The van der Waals surface area contributed by atoms with Crippen LogP contribution in [0.2, 0.25) is 0 Å². The number of nitrogens with zero attached hydrogens (tertiary/aromatic N) is 1. The van der Waals surface area contributed by atoms with Crippen molar-refractivity contribution in [3.05, 3.63) is 29.6 Å². The van der Waals surface area contributed by atoms with Gasteiger partial charge in [-0.3, -0.25) is 4.90 Å². The summed E-state index contributed by atoms with van der Waals surface area (Å²) < 4.78 is 13.0. The number of hydrogen-bond donors (Lipinski definition) is 1. The van der Waals surface area contributed by atoms with Gasteiger partial charge in [-0.25, -0.2) is 4.39 Å². The monoisotopic (exact) mass is 251 g/mol. The van der Waals surface area contributed by atoms with E-state index in [-0.39, 0.29) is 17.6 Å². The van der Waals surface area contributed by atoms with E-state index in [0.717, 1.165) is 12.1 Å². The Morgan fingerprint density at radius 3 is 2.72 bits per heavy atom. The molecule has 2 rings (SSSR count). The van der Waals surface area contributed by atoms with Gasteiger partial charge in [0.2, 0.25) is 0 Å². The minimum atomic E-state index is -0.386. The molecule has 0 saturated carbocycles. The molecule has 18 heavy (non-hydrogen) atoms. The molecule has 0 amide bonds. The molecule has 1 aliphatic heterocycles. The molecule has 3 heteroatoms. The molecule has 2 nitrogen and oxygen atoms in total. The third-order valence-corrected chi connectivity index (χ3v) is 4.11. The lowest BCUT2D eigenvalue weighted by atomic mass is 9.92. The van der Waals surface area contributed by atoms with Crippen LogP contribution in [0, 0.1) is 11.7 Å². The van der Waals surface area contributed by atoms with E-state index in [1.165, 1.54) is 25.0 Å². The number of piperidine rings is 1. The molecule has 1 saturated heterocycles. The van der Waals surface area contributed by atoms with Crippen LogP contribution in [0.25, 0.3) is 0 Å². The summed E-state index contributed by atoms with van der Waals surface area (Å²) in [5, 5.41) is 9.88. The Morgan fingerprint density at radius 2 is 2.06 bits per heavy atom. The topological polar surface area (TPSA) is 23.5 Å². The summed E-state index contributed by atoms with van der Waals surface area (Å²) in [6.45, 7) is 7.61. The lowest BCUT2D eigenvalue weighted by Crippen LogP contribution is -2.42. The first-order valence-electron chi connectivity index (χ1n) is 6.73. The van der Waals surface area contributed by atoms with E-state index < -0.39 is 0 Å². The van der Waals surface area contributed by atoms with Crippen LogP contribution in [-0.2, 0) is 0 Å². The van der Waals surface area contributed by atoms with Gasteiger partial charge in [-0.2, -0.15) is 0 Å². The molecule has 1 heterocycles. The first-order valence-corrected chi connectivity index (χ1v) is 6.73. The summed E-state index contributed by atoms with van der Waals surface area (Å²) in [5.41, 5.74) is 0.817.